The fraction of sp³-hybridized carbons (Fsp3) is 0.154. The molecule has 0 radical (unpaired) electrons. The largest absolute Gasteiger partial charge is 0.346 e. The van der Waals surface area contributed by atoms with Gasteiger partial charge < -0.3 is 10.3 Å². The summed E-state index contributed by atoms with van der Waals surface area (Å²) in [5.41, 5.74) is 1.16. The molecule has 2 rings (SSSR count). The maximum atomic E-state index is 11.9. The van der Waals surface area contributed by atoms with E-state index in [-0.39, 0.29) is 17.0 Å². The molecule has 0 unspecified atom stereocenters. The molecule has 18 heavy (non-hydrogen) atoms. The Balaban J connectivity index is 2.11. The highest BCUT2D eigenvalue weighted by Crippen LogP contribution is 2.00. The number of nitrogens with one attached hydrogen (secondary N) is 2. The van der Waals surface area contributed by atoms with Crippen molar-refractivity contribution in [2.45, 2.75) is 13.5 Å². The van der Waals surface area contributed by atoms with Crippen LogP contribution in [0.3, 0.4) is 0 Å². The maximum absolute atomic E-state index is 11.9. The zero-order valence-corrected chi connectivity index (χ0v) is 9.93. The lowest BCUT2D eigenvalue weighted by Crippen LogP contribution is -2.30. The number of pyridine rings is 2. The number of carbonyl (C=O) groups excluding carboxylic acids is 1. The minimum Gasteiger partial charge on any atom is -0.346 e. The van der Waals surface area contributed by atoms with Crippen molar-refractivity contribution in [3.8, 4) is 0 Å². The van der Waals surface area contributed by atoms with Crippen LogP contribution >= 0.6 is 0 Å². The molecule has 1 amide bonds. The summed E-state index contributed by atoms with van der Waals surface area (Å²) >= 11 is 0. The second kappa shape index (κ2) is 5.27. The zero-order chi connectivity index (χ0) is 13.0. The number of H-pyrrole nitrogens is 1. The molecule has 5 nitrogen and oxygen atoms in total. The monoisotopic (exact) mass is 243 g/mol. The Morgan fingerprint density at radius 2 is 2.22 bits per heavy atom. The molecule has 0 aliphatic rings. The number of nitrogens with zero attached hydrogens (tertiary/aromatic N) is 1. The number of hydrogen-bond acceptors (Lipinski definition) is 3. The molecule has 0 saturated heterocycles. The van der Waals surface area contributed by atoms with Crippen LogP contribution in [0.4, 0.5) is 0 Å². The molecule has 2 heterocycles. The summed E-state index contributed by atoms with van der Waals surface area (Å²) in [7, 11) is 0. The zero-order valence-electron chi connectivity index (χ0n) is 9.93. The first-order chi connectivity index (χ1) is 8.68. The van der Waals surface area contributed by atoms with Crippen LogP contribution in [-0.2, 0) is 6.54 Å². The predicted octanol–water partition coefficient (Wildman–Crippen LogP) is 1.01. The van der Waals surface area contributed by atoms with Gasteiger partial charge in [-0.05, 0) is 30.7 Å². The molecule has 5 heteroatoms. The molecule has 2 N–H and O–H groups in total. The third-order valence-electron chi connectivity index (χ3n) is 2.55. The SMILES string of the molecule is Cc1cc[nH]c(=O)c1C(=O)NCc1ccccn1. The number of aromatic amines is 1. The van der Waals surface area contributed by atoms with Crippen LogP contribution in [0, 0.1) is 6.92 Å². The van der Waals surface area contributed by atoms with Crippen LogP contribution in [-0.4, -0.2) is 15.9 Å². The molecule has 0 saturated carbocycles. The van der Waals surface area contributed by atoms with E-state index in [1.165, 1.54) is 6.20 Å². The van der Waals surface area contributed by atoms with Gasteiger partial charge in [0.05, 0.1) is 12.2 Å². The van der Waals surface area contributed by atoms with Crippen LogP contribution in [0.5, 0.6) is 0 Å². The van der Waals surface area contributed by atoms with E-state index < -0.39 is 0 Å². The van der Waals surface area contributed by atoms with Gasteiger partial charge in [-0.25, -0.2) is 0 Å². The minimum atomic E-state index is -0.389. The minimum absolute atomic E-state index is 0.147. The van der Waals surface area contributed by atoms with E-state index in [9.17, 15) is 9.59 Å². The van der Waals surface area contributed by atoms with E-state index in [0.29, 0.717) is 12.1 Å². The molecule has 2 aromatic heterocycles. The smallest absolute Gasteiger partial charge is 0.261 e. The number of hydrogen-bond donors (Lipinski definition) is 2. The number of rotatable bonds is 3. The van der Waals surface area contributed by atoms with Crippen molar-refractivity contribution in [3.63, 3.8) is 0 Å². The van der Waals surface area contributed by atoms with Gasteiger partial charge >= 0.3 is 0 Å². The molecule has 2 aromatic rings. The summed E-state index contributed by atoms with van der Waals surface area (Å²) in [6.07, 6.45) is 3.18. The molecule has 92 valence electrons. The maximum Gasteiger partial charge on any atom is 0.261 e. The number of aromatic nitrogens is 2. The fourth-order valence-electron chi connectivity index (χ4n) is 1.62. The molecule has 0 fully saturated rings. The van der Waals surface area contributed by atoms with Crippen LogP contribution < -0.4 is 10.9 Å². The van der Waals surface area contributed by atoms with Gasteiger partial charge in [0.2, 0.25) is 0 Å². The average molecular weight is 243 g/mol. The Hall–Kier alpha value is -2.43. The van der Waals surface area contributed by atoms with Gasteiger partial charge in [-0.2, -0.15) is 0 Å². The predicted molar refractivity (Wildman–Crippen MR) is 67.2 cm³/mol. The van der Waals surface area contributed by atoms with E-state index in [4.69, 9.17) is 0 Å². The molecule has 0 aliphatic heterocycles. The fourth-order valence-corrected chi connectivity index (χ4v) is 1.62. The van der Waals surface area contributed by atoms with E-state index in [1.807, 2.05) is 12.1 Å². The standard InChI is InChI=1S/C13H13N3O2/c1-9-5-7-15-12(17)11(9)13(18)16-8-10-4-2-3-6-14-10/h2-7H,8H2,1H3,(H,15,17)(H,16,18). The van der Waals surface area contributed by atoms with Crippen LogP contribution in [0.25, 0.3) is 0 Å². The Labute approximate surface area is 104 Å². The van der Waals surface area contributed by atoms with Crippen molar-refractivity contribution >= 4 is 5.91 Å². The Kier molecular flexibility index (Phi) is 3.52. The topological polar surface area (TPSA) is 74.8 Å². The third kappa shape index (κ3) is 2.63. The summed E-state index contributed by atoms with van der Waals surface area (Å²) < 4.78 is 0. The van der Waals surface area contributed by atoms with Crippen molar-refractivity contribution in [1.82, 2.24) is 15.3 Å². The highest BCUT2D eigenvalue weighted by Gasteiger charge is 2.12. The normalized spacial score (nSPS) is 10.1. The number of amides is 1. The van der Waals surface area contributed by atoms with E-state index in [1.54, 1.807) is 25.3 Å². The van der Waals surface area contributed by atoms with Crippen molar-refractivity contribution < 1.29 is 4.79 Å². The average Bonchev–Trinajstić information content (AvgIpc) is 2.37. The van der Waals surface area contributed by atoms with Crippen molar-refractivity contribution in [3.05, 3.63) is 63.8 Å². The first-order valence-corrected chi connectivity index (χ1v) is 5.55. The van der Waals surface area contributed by atoms with Gasteiger partial charge in [0.15, 0.2) is 0 Å². The molecule has 0 bridgehead atoms. The van der Waals surface area contributed by atoms with E-state index in [0.717, 1.165) is 5.69 Å². The molecule has 0 spiro atoms. The summed E-state index contributed by atoms with van der Waals surface area (Å²) in [6.45, 7) is 2.03. The van der Waals surface area contributed by atoms with Gasteiger partial charge in [0.1, 0.15) is 5.56 Å². The summed E-state index contributed by atoms with van der Waals surface area (Å²) in [5, 5.41) is 2.68. The van der Waals surface area contributed by atoms with Crippen molar-refractivity contribution in [1.29, 1.82) is 0 Å². The van der Waals surface area contributed by atoms with Gasteiger partial charge in [0, 0.05) is 12.4 Å². The lowest BCUT2D eigenvalue weighted by Gasteiger charge is -2.06. The van der Waals surface area contributed by atoms with Crippen molar-refractivity contribution in [2.24, 2.45) is 0 Å². The van der Waals surface area contributed by atoms with Gasteiger partial charge in [-0.15, -0.1) is 0 Å². The second-order valence-corrected chi connectivity index (χ2v) is 3.87. The highest BCUT2D eigenvalue weighted by molar-refractivity contribution is 5.95. The van der Waals surface area contributed by atoms with Crippen LogP contribution in [0.1, 0.15) is 21.6 Å². The van der Waals surface area contributed by atoms with E-state index >= 15 is 0 Å². The van der Waals surface area contributed by atoms with Crippen LogP contribution in [0.2, 0.25) is 0 Å². The second-order valence-electron chi connectivity index (χ2n) is 3.87. The van der Waals surface area contributed by atoms with Crippen LogP contribution in [0.15, 0.2) is 41.5 Å². The van der Waals surface area contributed by atoms with Gasteiger partial charge in [-0.3, -0.25) is 14.6 Å². The quantitative estimate of drug-likeness (QED) is 0.844. The lowest BCUT2D eigenvalue weighted by molar-refractivity contribution is 0.0948. The van der Waals surface area contributed by atoms with E-state index in [2.05, 4.69) is 15.3 Å². The molecular formula is C13H13N3O2. The summed E-state index contributed by atoms with van der Waals surface area (Å²) in [6, 6.07) is 7.14. The molecule has 0 atom stereocenters. The first-order valence-electron chi connectivity index (χ1n) is 5.55. The summed E-state index contributed by atoms with van der Waals surface area (Å²) in [5.74, 6) is -0.389. The Morgan fingerprint density at radius 3 is 2.89 bits per heavy atom. The van der Waals surface area contributed by atoms with Gasteiger partial charge in [-0.1, -0.05) is 6.07 Å². The molecular weight excluding hydrogens is 230 g/mol. The number of aryl methyl sites for hydroxylation is 1. The Morgan fingerprint density at radius 1 is 1.39 bits per heavy atom. The third-order valence-corrected chi connectivity index (χ3v) is 2.55. The molecule has 0 aromatic carbocycles. The first kappa shape index (κ1) is 12.0. The lowest BCUT2D eigenvalue weighted by atomic mass is 10.1. The van der Waals surface area contributed by atoms with Crippen molar-refractivity contribution in [2.75, 3.05) is 0 Å². The number of carbonyl (C=O) groups is 1. The summed E-state index contributed by atoms with van der Waals surface area (Å²) in [4.78, 5) is 30.0. The molecule has 0 aliphatic carbocycles. The Bertz CT molecular complexity index is 605. The highest BCUT2D eigenvalue weighted by atomic mass is 16.2. The van der Waals surface area contributed by atoms with Gasteiger partial charge in [0.25, 0.3) is 11.5 Å².